The first-order valence-corrected chi connectivity index (χ1v) is 8.69. The van der Waals surface area contributed by atoms with Crippen LogP contribution in [0.3, 0.4) is 0 Å². The summed E-state index contributed by atoms with van der Waals surface area (Å²) in [5.74, 6) is 0.654. The monoisotopic (exact) mass is 344 g/mol. The predicted molar refractivity (Wildman–Crippen MR) is 89.7 cm³/mol. The molecule has 2 unspecified atom stereocenters. The predicted octanol–water partition coefficient (Wildman–Crippen LogP) is 2.15. The van der Waals surface area contributed by atoms with Crippen LogP contribution in [0.25, 0.3) is 11.0 Å². The first kappa shape index (κ1) is 16.5. The number of H-pyrrole nitrogens is 1. The van der Waals surface area contributed by atoms with Gasteiger partial charge in [0.1, 0.15) is 24.7 Å². The highest BCUT2D eigenvalue weighted by molar-refractivity contribution is 5.76. The smallest absolute Gasteiger partial charge is 0.140 e. The number of halogens is 1. The lowest BCUT2D eigenvalue weighted by atomic mass is 10.1. The fraction of sp³-hybridized carbons (Fsp3) is 0.556. The highest BCUT2D eigenvalue weighted by Crippen LogP contribution is 2.24. The van der Waals surface area contributed by atoms with Gasteiger partial charge >= 0.3 is 0 Å². The largest absolute Gasteiger partial charge is 0.381 e. The number of benzene rings is 1. The molecule has 1 N–H and O–H groups in total. The van der Waals surface area contributed by atoms with Crippen molar-refractivity contribution in [1.29, 1.82) is 5.26 Å². The zero-order valence-electron chi connectivity index (χ0n) is 13.9. The van der Waals surface area contributed by atoms with Crippen molar-refractivity contribution in [2.24, 2.45) is 0 Å². The van der Waals surface area contributed by atoms with Gasteiger partial charge in [-0.25, -0.2) is 9.37 Å². The van der Waals surface area contributed by atoms with E-state index in [0.29, 0.717) is 30.5 Å². The SMILES string of the molecule is N#Cc1ccc2nc(COC3CN(C4CCOCC4)CC3F)[nH]c2c1. The fourth-order valence-electron chi connectivity index (χ4n) is 3.65. The van der Waals surface area contributed by atoms with E-state index in [0.717, 1.165) is 37.1 Å². The molecule has 0 bridgehead atoms. The molecule has 2 aliphatic heterocycles. The second-order valence-electron chi connectivity index (χ2n) is 6.69. The first-order valence-electron chi connectivity index (χ1n) is 8.69. The van der Waals surface area contributed by atoms with Gasteiger partial charge in [0.05, 0.1) is 22.7 Å². The zero-order chi connectivity index (χ0) is 17.2. The third kappa shape index (κ3) is 3.52. The van der Waals surface area contributed by atoms with Gasteiger partial charge in [-0.3, -0.25) is 4.90 Å². The molecule has 4 rings (SSSR count). The molecule has 0 saturated carbocycles. The number of likely N-dealkylation sites (tertiary alicyclic amines) is 1. The summed E-state index contributed by atoms with van der Waals surface area (Å²) in [5, 5.41) is 8.95. The van der Waals surface area contributed by atoms with Crippen LogP contribution < -0.4 is 0 Å². The summed E-state index contributed by atoms with van der Waals surface area (Å²) in [6.07, 6.45) is 0.525. The Morgan fingerprint density at radius 3 is 3.00 bits per heavy atom. The fourth-order valence-corrected chi connectivity index (χ4v) is 3.65. The van der Waals surface area contributed by atoms with Gasteiger partial charge in [-0.2, -0.15) is 5.26 Å². The summed E-state index contributed by atoms with van der Waals surface area (Å²) in [4.78, 5) is 9.77. The van der Waals surface area contributed by atoms with Gasteiger partial charge in [-0.15, -0.1) is 0 Å². The number of fused-ring (bicyclic) bond motifs is 1. The summed E-state index contributed by atoms with van der Waals surface area (Å²) in [7, 11) is 0. The highest BCUT2D eigenvalue weighted by Gasteiger charge is 2.37. The van der Waals surface area contributed by atoms with Gasteiger partial charge < -0.3 is 14.5 Å². The van der Waals surface area contributed by atoms with Gasteiger partial charge in [0.2, 0.25) is 0 Å². The molecule has 3 heterocycles. The van der Waals surface area contributed by atoms with Crippen molar-refractivity contribution in [3.63, 3.8) is 0 Å². The number of nitrogens with one attached hydrogen (secondary N) is 1. The molecule has 2 atom stereocenters. The molecule has 1 aromatic carbocycles. The van der Waals surface area contributed by atoms with Crippen molar-refractivity contribution in [2.45, 2.75) is 37.8 Å². The minimum absolute atomic E-state index is 0.239. The molecule has 2 aromatic rings. The number of nitrogens with zero attached hydrogens (tertiary/aromatic N) is 3. The van der Waals surface area contributed by atoms with Gasteiger partial charge in [0.15, 0.2) is 0 Å². The maximum absolute atomic E-state index is 14.3. The van der Waals surface area contributed by atoms with Gasteiger partial charge in [-0.1, -0.05) is 0 Å². The average Bonchev–Trinajstić information content (AvgIpc) is 3.22. The first-order chi connectivity index (χ1) is 12.2. The molecule has 0 aliphatic carbocycles. The Labute approximate surface area is 145 Å². The topological polar surface area (TPSA) is 74.2 Å². The number of imidazole rings is 1. The van der Waals surface area contributed by atoms with Crippen LogP contribution in [0.1, 0.15) is 24.2 Å². The third-order valence-corrected chi connectivity index (χ3v) is 5.03. The van der Waals surface area contributed by atoms with Crippen molar-refractivity contribution < 1.29 is 13.9 Å². The molecule has 0 amide bonds. The summed E-state index contributed by atoms with van der Waals surface area (Å²) in [6, 6.07) is 7.79. The molecule has 2 aliphatic rings. The van der Waals surface area contributed by atoms with E-state index in [1.165, 1.54) is 0 Å². The number of alkyl halides is 1. The van der Waals surface area contributed by atoms with Crippen LogP contribution in [-0.4, -0.2) is 59.5 Å². The Hall–Kier alpha value is -2.01. The lowest BCUT2D eigenvalue weighted by Crippen LogP contribution is -2.38. The zero-order valence-corrected chi connectivity index (χ0v) is 13.9. The highest BCUT2D eigenvalue weighted by atomic mass is 19.1. The lowest BCUT2D eigenvalue weighted by molar-refractivity contribution is 0.00313. The van der Waals surface area contributed by atoms with Gasteiger partial charge in [0, 0.05) is 32.3 Å². The van der Waals surface area contributed by atoms with Crippen molar-refractivity contribution in [2.75, 3.05) is 26.3 Å². The molecule has 0 spiro atoms. The molecule has 6 nitrogen and oxygen atoms in total. The summed E-state index contributed by atoms with van der Waals surface area (Å²) >= 11 is 0. The Kier molecular flexibility index (Phi) is 4.66. The van der Waals surface area contributed by atoms with Crippen LogP contribution in [-0.2, 0) is 16.1 Å². The second kappa shape index (κ2) is 7.08. The summed E-state index contributed by atoms with van der Waals surface area (Å²) in [5.41, 5.74) is 2.16. The maximum atomic E-state index is 14.3. The van der Waals surface area contributed by atoms with E-state index < -0.39 is 12.3 Å². The van der Waals surface area contributed by atoms with Crippen LogP contribution >= 0.6 is 0 Å². The van der Waals surface area contributed by atoms with Gasteiger partial charge in [-0.05, 0) is 31.0 Å². The molecule has 132 valence electrons. The molecule has 2 fully saturated rings. The molecule has 7 heteroatoms. The number of hydrogen-bond acceptors (Lipinski definition) is 5. The Morgan fingerprint density at radius 1 is 1.36 bits per heavy atom. The molecular formula is C18H21FN4O2. The number of aromatic amines is 1. The summed E-state index contributed by atoms with van der Waals surface area (Å²) in [6.45, 7) is 2.80. The average molecular weight is 344 g/mol. The standard InChI is InChI=1S/C18H21FN4O2/c19-14-9-23(13-3-5-24-6-4-13)10-17(14)25-11-18-21-15-2-1-12(8-20)7-16(15)22-18/h1-2,7,13-14,17H,3-6,9-11H2,(H,21,22). The van der Waals surface area contributed by atoms with E-state index in [1.807, 2.05) is 0 Å². The van der Waals surface area contributed by atoms with Crippen molar-refractivity contribution >= 4 is 11.0 Å². The number of hydrogen-bond donors (Lipinski definition) is 1. The number of aromatic nitrogens is 2. The number of rotatable bonds is 4. The Bertz CT molecular complexity index is 781. The van der Waals surface area contributed by atoms with E-state index in [9.17, 15) is 4.39 Å². The molecule has 1 aromatic heterocycles. The van der Waals surface area contributed by atoms with Crippen LogP contribution in [0.4, 0.5) is 4.39 Å². The van der Waals surface area contributed by atoms with Crippen molar-refractivity contribution in [3.05, 3.63) is 29.6 Å². The van der Waals surface area contributed by atoms with Crippen molar-refractivity contribution in [1.82, 2.24) is 14.9 Å². The maximum Gasteiger partial charge on any atom is 0.140 e. The quantitative estimate of drug-likeness (QED) is 0.920. The van der Waals surface area contributed by atoms with Crippen LogP contribution in [0, 0.1) is 11.3 Å². The molecule has 25 heavy (non-hydrogen) atoms. The summed E-state index contributed by atoms with van der Waals surface area (Å²) < 4.78 is 25.5. The Balaban J connectivity index is 1.37. The normalized spacial score (nSPS) is 25.4. The minimum atomic E-state index is -0.975. The minimum Gasteiger partial charge on any atom is -0.381 e. The molecular weight excluding hydrogens is 323 g/mol. The number of nitriles is 1. The molecule has 2 saturated heterocycles. The van der Waals surface area contributed by atoms with Crippen LogP contribution in [0.5, 0.6) is 0 Å². The van der Waals surface area contributed by atoms with E-state index in [-0.39, 0.29) is 6.61 Å². The van der Waals surface area contributed by atoms with Gasteiger partial charge in [0.25, 0.3) is 0 Å². The van der Waals surface area contributed by atoms with E-state index in [1.54, 1.807) is 18.2 Å². The van der Waals surface area contributed by atoms with Crippen molar-refractivity contribution in [3.8, 4) is 6.07 Å². The van der Waals surface area contributed by atoms with Crippen LogP contribution in [0.15, 0.2) is 18.2 Å². The van der Waals surface area contributed by atoms with E-state index in [2.05, 4.69) is 20.9 Å². The number of ether oxygens (including phenoxy) is 2. The Morgan fingerprint density at radius 2 is 2.20 bits per heavy atom. The second-order valence-corrected chi connectivity index (χ2v) is 6.69. The van der Waals surface area contributed by atoms with E-state index >= 15 is 0 Å². The third-order valence-electron chi connectivity index (χ3n) is 5.03. The lowest BCUT2D eigenvalue weighted by Gasteiger charge is -2.30. The van der Waals surface area contributed by atoms with E-state index in [4.69, 9.17) is 14.7 Å². The van der Waals surface area contributed by atoms with Crippen LogP contribution in [0.2, 0.25) is 0 Å². The molecule has 0 radical (unpaired) electrons.